The number of rotatable bonds is 3. The van der Waals surface area contributed by atoms with Crippen molar-refractivity contribution in [2.45, 2.75) is 44.6 Å². The predicted molar refractivity (Wildman–Crippen MR) is 104 cm³/mol. The molecule has 1 N–H and O–H groups in total. The van der Waals surface area contributed by atoms with Crippen LogP contribution in [-0.4, -0.2) is 58.1 Å². The van der Waals surface area contributed by atoms with Gasteiger partial charge in [0.15, 0.2) is 5.11 Å². The number of nitrogens with zero attached hydrogens (tertiary/aromatic N) is 3. The second-order valence-corrected chi connectivity index (χ2v) is 8.43. The fourth-order valence-corrected chi connectivity index (χ4v) is 4.64. The lowest BCUT2D eigenvalue weighted by molar-refractivity contribution is -0.137. The average molecular weight is 426 g/mol. The normalized spacial score (nSPS) is 26.0. The predicted octanol–water partition coefficient (Wildman–Crippen LogP) is 2.83. The number of benzene rings is 1. The maximum absolute atomic E-state index is 13.1. The lowest BCUT2D eigenvalue weighted by Gasteiger charge is -2.36. The van der Waals surface area contributed by atoms with E-state index in [4.69, 9.17) is 12.2 Å². The monoisotopic (exact) mass is 426 g/mol. The number of halogens is 3. The van der Waals surface area contributed by atoms with Crippen molar-refractivity contribution in [3.63, 3.8) is 0 Å². The summed E-state index contributed by atoms with van der Waals surface area (Å²) in [5.41, 5.74) is -0.956. The van der Waals surface area contributed by atoms with E-state index in [-0.39, 0.29) is 17.8 Å². The molecule has 3 aliphatic rings. The van der Waals surface area contributed by atoms with Crippen LogP contribution in [0.5, 0.6) is 0 Å². The number of hydrogen-bond acceptors (Lipinski definition) is 3. The zero-order valence-electron chi connectivity index (χ0n) is 15.9. The molecule has 1 aromatic rings. The van der Waals surface area contributed by atoms with Gasteiger partial charge in [-0.1, -0.05) is 19.9 Å². The van der Waals surface area contributed by atoms with E-state index in [0.717, 1.165) is 17.0 Å². The van der Waals surface area contributed by atoms with Crippen molar-refractivity contribution in [3.05, 3.63) is 29.8 Å². The Labute approximate surface area is 171 Å². The highest BCUT2D eigenvalue weighted by Crippen LogP contribution is 2.43. The first-order valence-electron chi connectivity index (χ1n) is 9.47. The van der Waals surface area contributed by atoms with E-state index in [1.165, 1.54) is 17.0 Å². The third kappa shape index (κ3) is 3.23. The lowest BCUT2D eigenvalue weighted by atomic mass is 10.1. The van der Waals surface area contributed by atoms with E-state index >= 15 is 0 Å². The molecule has 1 aromatic carbocycles. The van der Waals surface area contributed by atoms with Crippen LogP contribution in [0.2, 0.25) is 0 Å². The van der Waals surface area contributed by atoms with Gasteiger partial charge in [-0.2, -0.15) is 13.2 Å². The van der Waals surface area contributed by atoms with Crippen LogP contribution < -0.4 is 10.2 Å². The Bertz CT molecular complexity index is 875. The first-order valence-corrected chi connectivity index (χ1v) is 9.88. The second kappa shape index (κ2) is 6.86. The number of fused-ring (bicyclic) bond motifs is 5. The van der Waals surface area contributed by atoms with Crippen LogP contribution >= 0.6 is 12.2 Å². The molecule has 29 heavy (non-hydrogen) atoms. The van der Waals surface area contributed by atoms with E-state index in [0.29, 0.717) is 30.5 Å². The van der Waals surface area contributed by atoms with Crippen LogP contribution in [-0.2, 0) is 11.0 Å². The lowest BCUT2D eigenvalue weighted by Crippen LogP contribution is -2.57. The Hall–Kier alpha value is -2.36. The summed E-state index contributed by atoms with van der Waals surface area (Å²) in [4.78, 5) is 30.3. The molecule has 156 valence electrons. The number of carbonyl (C=O) groups is 2. The van der Waals surface area contributed by atoms with Crippen LogP contribution in [0.25, 0.3) is 0 Å². The summed E-state index contributed by atoms with van der Waals surface area (Å²) in [6.45, 7) is 5.32. The van der Waals surface area contributed by atoms with E-state index < -0.39 is 29.7 Å². The SMILES string of the molecule is CC(C)CNC(=S)N1CC2C[C@@H]1[C@@H]1C(=O)N(c3cccc(C(F)(F)F)c3)C(=O)N21. The number of nitrogens with one attached hydrogen (secondary N) is 1. The molecule has 0 aliphatic carbocycles. The van der Waals surface area contributed by atoms with Crippen molar-refractivity contribution in [3.8, 4) is 0 Å². The van der Waals surface area contributed by atoms with Gasteiger partial charge in [0.05, 0.1) is 23.3 Å². The smallest absolute Gasteiger partial charge is 0.362 e. The first kappa shape index (κ1) is 19.9. The highest BCUT2D eigenvalue weighted by molar-refractivity contribution is 7.80. The molecular formula is C19H21F3N4O2S. The number of piperazine rings is 1. The zero-order valence-corrected chi connectivity index (χ0v) is 16.8. The van der Waals surface area contributed by atoms with E-state index in [1.54, 1.807) is 0 Å². The summed E-state index contributed by atoms with van der Waals surface area (Å²) >= 11 is 5.47. The number of hydrogen-bond donors (Lipinski definition) is 1. The second-order valence-electron chi connectivity index (χ2n) is 8.05. The molecule has 3 atom stereocenters. The van der Waals surface area contributed by atoms with Gasteiger partial charge in [0.2, 0.25) is 0 Å². The molecule has 3 fully saturated rings. The largest absolute Gasteiger partial charge is 0.416 e. The summed E-state index contributed by atoms with van der Waals surface area (Å²) in [6, 6.07) is 2.57. The summed E-state index contributed by atoms with van der Waals surface area (Å²) in [7, 11) is 0. The van der Waals surface area contributed by atoms with Crippen LogP contribution in [0.4, 0.5) is 23.7 Å². The molecule has 3 saturated heterocycles. The van der Waals surface area contributed by atoms with Gasteiger partial charge in [0, 0.05) is 13.1 Å². The molecule has 0 saturated carbocycles. The van der Waals surface area contributed by atoms with Gasteiger partial charge in [-0.05, 0) is 42.8 Å². The van der Waals surface area contributed by atoms with E-state index in [2.05, 4.69) is 19.2 Å². The Morgan fingerprint density at radius 1 is 1.31 bits per heavy atom. The molecular weight excluding hydrogens is 405 g/mol. The van der Waals surface area contributed by atoms with Gasteiger partial charge >= 0.3 is 12.2 Å². The molecule has 4 rings (SSSR count). The number of carbonyl (C=O) groups excluding carboxylic acids is 2. The molecule has 10 heteroatoms. The Kier molecular flexibility index (Phi) is 4.71. The molecule has 0 radical (unpaired) electrons. The number of anilines is 1. The fraction of sp³-hybridized carbons (Fsp3) is 0.526. The molecule has 0 spiro atoms. The van der Waals surface area contributed by atoms with Gasteiger partial charge in [-0.15, -0.1) is 0 Å². The van der Waals surface area contributed by atoms with Gasteiger partial charge < -0.3 is 15.1 Å². The van der Waals surface area contributed by atoms with Gasteiger partial charge in [0.1, 0.15) is 6.04 Å². The van der Waals surface area contributed by atoms with Crippen molar-refractivity contribution in [1.29, 1.82) is 0 Å². The molecule has 2 bridgehead atoms. The van der Waals surface area contributed by atoms with E-state index in [9.17, 15) is 22.8 Å². The number of likely N-dealkylation sites (tertiary alicyclic amines) is 1. The quantitative estimate of drug-likeness (QED) is 0.595. The van der Waals surface area contributed by atoms with Crippen molar-refractivity contribution in [1.82, 2.24) is 15.1 Å². The third-order valence-corrected chi connectivity index (χ3v) is 6.00. The van der Waals surface area contributed by atoms with Crippen LogP contribution in [0, 0.1) is 5.92 Å². The minimum atomic E-state index is -4.55. The number of thiocarbonyl (C=S) groups is 1. The minimum absolute atomic E-state index is 0.0596. The zero-order chi connectivity index (χ0) is 21.1. The number of amides is 3. The van der Waals surface area contributed by atoms with Crippen LogP contribution in [0.3, 0.4) is 0 Å². The van der Waals surface area contributed by atoms with Crippen molar-refractivity contribution < 1.29 is 22.8 Å². The topological polar surface area (TPSA) is 55.9 Å². The van der Waals surface area contributed by atoms with Crippen molar-refractivity contribution >= 4 is 35.0 Å². The third-order valence-electron chi connectivity index (χ3n) is 5.62. The highest BCUT2D eigenvalue weighted by atomic mass is 32.1. The Morgan fingerprint density at radius 2 is 2.03 bits per heavy atom. The first-order chi connectivity index (χ1) is 13.6. The van der Waals surface area contributed by atoms with Crippen molar-refractivity contribution in [2.75, 3.05) is 18.0 Å². The Balaban J connectivity index is 1.58. The maximum Gasteiger partial charge on any atom is 0.416 e. The maximum atomic E-state index is 13.1. The summed E-state index contributed by atoms with van der Waals surface area (Å²) in [5, 5.41) is 3.73. The molecule has 3 aliphatic heterocycles. The summed E-state index contributed by atoms with van der Waals surface area (Å²) in [6.07, 6.45) is -3.93. The van der Waals surface area contributed by atoms with Gasteiger partial charge in [0.25, 0.3) is 5.91 Å². The van der Waals surface area contributed by atoms with Gasteiger partial charge in [-0.25, -0.2) is 9.69 Å². The summed E-state index contributed by atoms with van der Waals surface area (Å²) < 4.78 is 39.2. The van der Waals surface area contributed by atoms with Crippen LogP contribution in [0.1, 0.15) is 25.8 Å². The standard InChI is InChI=1S/C19H21F3N4O2S/c1-10(2)8-23-17(29)24-9-13-7-14(24)15-16(27)26(18(28)25(13)15)12-5-3-4-11(6-12)19(20,21)22/h3-6,10,13-15H,7-9H2,1-2H3,(H,23,29)/t13?,14-,15-/m1/s1. The van der Waals surface area contributed by atoms with Crippen molar-refractivity contribution in [2.24, 2.45) is 5.92 Å². The molecule has 3 amide bonds. The minimum Gasteiger partial charge on any atom is -0.362 e. The van der Waals surface area contributed by atoms with Gasteiger partial charge in [-0.3, -0.25) is 4.79 Å². The average Bonchev–Trinajstić information content (AvgIpc) is 3.30. The molecule has 1 unspecified atom stereocenters. The summed E-state index contributed by atoms with van der Waals surface area (Å²) in [5.74, 6) is -0.103. The molecule has 0 aromatic heterocycles. The Morgan fingerprint density at radius 3 is 2.69 bits per heavy atom. The molecule has 3 heterocycles. The highest BCUT2D eigenvalue weighted by Gasteiger charge is 2.62. The van der Waals surface area contributed by atoms with E-state index in [1.807, 2.05) is 4.90 Å². The number of imide groups is 1. The fourth-order valence-electron chi connectivity index (χ4n) is 4.34. The van der Waals surface area contributed by atoms with Crippen LogP contribution in [0.15, 0.2) is 24.3 Å². The number of urea groups is 1. The molecule has 6 nitrogen and oxygen atoms in total. The number of alkyl halides is 3.